The molecule has 5 nitrogen and oxygen atoms in total. The lowest BCUT2D eigenvalue weighted by molar-refractivity contribution is 0.0154. The number of aliphatic hydroxyl groups excluding tert-OH is 1. The molecule has 1 N–H and O–H groups in total. The first-order chi connectivity index (χ1) is 7.37. The Morgan fingerprint density at radius 1 is 1.50 bits per heavy atom. The normalized spacial score (nSPS) is 25.9. The van der Waals surface area contributed by atoms with E-state index in [1.807, 2.05) is 20.8 Å². The van der Waals surface area contributed by atoms with Crippen LogP contribution in [0.3, 0.4) is 0 Å². The summed E-state index contributed by atoms with van der Waals surface area (Å²) in [5, 5.41) is 9.19. The third kappa shape index (κ3) is 3.35. The molecule has 1 aliphatic rings. The van der Waals surface area contributed by atoms with Gasteiger partial charge in [-0.15, -0.1) is 0 Å². The summed E-state index contributed by atoms with van der Waals surface area (Å²) in [4.78, 5) is 13.4. The Labute approximate surface area is 96.3 Å². The molecule has 0 bridgehead atoms. The summed E-state index contributed by atoms with van der Waals surface area (Å²) < 4.78 is 10.5. The lowest BCUT2D eigenvalue weighted by Gasteiger charge is -2.27. The lowest BCUT2D eigenvalue weighted by Crippen LogP contribution is -2.41. The number of carbonyl (C=O) groups excluding carboxylic acids is 1. The summed E-state index contributed by atoms with van der Waals surface area (Å²) in [6, 6.07) is -0.195. The van der Waals surface area contributed by atoms with Gasteiger partial charge in [-0.3, -0.25) is 0 Å². The van der Waals surface area contributed by atoms with Crippen LogP contribution in [-0.2, 0) is 9.47 Å². The van der Waals surface area contributed by atoms with Crippen LogP contribution in [0.25, 0.3) is 0 Å². The van der Waals surface area contributed by atoms with Crippen LogP contribution < -0.4 is 0 Å². The zero-order valence-electron chi connectivity index (χ0n) is 10.4. The van der Waals surface area contributed by atoms with E-state index in [1.165, 1.54) is 0 Å². The maximum absolute atomic E-state index is 11.8. The van der Waals surface area contributed by atoms with Crippen molar-refractivity contribution >= 4 is 6.09 Å². The molecule has 5 heteroatoms. The Morgan fingerprint density at radius 2 is 2.12 bits per heavy atom. The summed E-state index contributed by atoms with van der Waals surface area (Å²) in [5.74, 6) is 0. The van der Waals surface area contributed by atoms with Gasteiger partial charge in [-0.1, -0.05) is 0 Å². The van der Waals surface area contributed by atoms with Crippen LogP contribution >= 0.6 is 0 Å². The van der Waals surface area contributed by atoms with Crippen LogP contribution in [0, 0.1) is 0 Å². The van der Waals surface area contributed by atoms with E-state index in [1.54, 1.807) is 12.0 Å². The standard InChI is InChI=1S/C11H21NO4/c1-11(2,3)16-10(14)12-6-9(15-4)5-8(12)7-13/h8-9,13H,5-7H2,1-4H3/t8-,9+/m1/s1. The molecule has 0 aliphatic carbocycles. The van der Waals surface area contributed by atoms with Crippen LogP contribution in [0.2, 0.25) is 0 Å². The molecule has 0 aromatic heterocycles. The van der Waals surface area contributed by atoms with Gasteiger partial charge in [-0.25, -0.2) is 4.79 Å². The fraction of sp³-hybridized carbons (Fsp3) is 0.909. The van der Waals surface area contributed by atoms with Gasteiger partial charge in [0.2, 0.25) is 0 Å². The van der Waals surface area contributed by atoms with Crippen LogP contribution in [0.5, 0.6) is 0 Å². The van der Waals surface area contributed by atoms with E-state index >= 15 is 0 Å². The Balaban J connectivity index is 2.61. The number of hydrogen-bond donors (Lipinski definition) is 1. The number of methoxy groups -OCH3 is 1. The van der Waals surface area contributed by atoms with Crippen molar-refractivity contribution in [1.82, 2.24) is 4.90 Å². The Kier molecular flexibility index (Phi) is 4.15. The molecule has 1 heterocycles. The quantitative estimate of drug-likeness (QED) is 0.770. The highest BCUT2D eigenvalue weighted by molar-refractivity contribution is 5.69. The van der Waals surface area contributed by atoms with Crippen molar-refractivity contribution in [2.24, 2.45) is 0 Å². The van der Waals surface area contributed by atoms with Crippen molar-refractivity contribution in [3.63, 3.8) is 0 Å². The molecular weight excluding hydrogens is 210 g/mol. The first-order valence-corrected chi connectivity index (χ1v) is 5.50. The van der Waals surface area contributed by atoms with Gasteiger partial charge in [-0.2, -0.15) is 0 Å². The van der Waals surface area contributed by atoms with E-state index in [2.05, 4.69) is 0 Å². The SMILES string of the molecule is CO[C@H]1C[C@H](CO)N(C(=O)OC(C)(C)C)C1. The average Bonchev–Trinajstić information content (AvgIpc) is 2.58. The predicted octanol–water partition coefficient (Wildman–Crippen LogP) is 1.00. The van der Waals surface area contributed by atoms with Gasteiger partial charge < -0.3 is 19.5 Å². The van der Waals surface area contributed by atoms with Crippen molar-refractivity contribution in [3.8, 4) is 0 Å². The molecule has 1 rings (SSSR count). The van der Waals surface area contributed by atoms with Crippen molar-refractivity contribution < 1.29 is 19.4 Å². The molecule has 0 aromatic rings. The number of ether oxygens (including phenoxy) is 2. The minimum atomic E-state index is -0.512. The molecule has 2 atom stereocenters. The van der Waals surface area contributed by atoms with E-state index < -0.39 is 5.60 Å². The minimum absolute atomic E-state index is 0.00957. The smallest absolute Gasteiger partial charge is 0.410 e. The van der Waals surface area contributed by atoms with Crippen molar-refractivity contribution in [2.45, 2.75) is 44.9 Å². The molecule has 1 amide bonds. The summed E-state index contributed by atoms with van der Waals surface area (Å²) in [7, 11) is 1.61. The van der Waals surface area contributed by atoms with E-state index in [0.717, 1.165) is 0 Å². The van der Waals surface area contributed by atoms with Gasteiger partial charge in [0.05, 0.1) is 25.3 Å². The van der Waals surface area contributed by atoms with Crippen LogP contribution in [0.1, 0.15) is 27.2 Å². The lowest BCUT2D eigenvalue weighted by atomic mass is 10.2. The summed E-state index contributed by atoms with van der Waals surface area (Å²) in [6.45, 7) is 5.89. The van der Waals surface area contributed by atoms with Gasteiger partial charge in [0, 0.05) is 7.11 Å². The van der Waals surface area contributed by atoms with Crippen molar-refractivity contribution in [3.05, 3.63) is 0 Å². The van der Waals surface area contributed by atoms with Crippen LogP contribution in [0.15, 0.2) is 0 Å². The number of hydrogen-bond acceptors (Lipinski definition) is 4. The van der Waals surface area contributed by atoms with E-state index in [0.29, 0.717) is 13.0 Å². The topological polar surface area (TPSA) is 59.0 Å². The van der Waals surface area contributed by atoms with Crippen molar-refractivity contribution in [1.29, 1.82) is 0 Å². The highest BCUT2D eigenvalue weighted by atomic mass is 16.6. The Morgan fingerprint density at radius 3 is 2.56 bits per heavy atom. The monoisotopic (exact) mass is 231 g/mol. The molecule has 0 aromatic carbocycles. The first kappa shape index (κ1) is 13.3. The van der Waals surface area contributed by atoms with Crippen LogP contribution in [-0.4, -0.2) is 54.1 Å². The second-order valence-electron chi connectivity index (χ2n) is 5.06. The van der Waals surface area contributed by atoms with Gasteiger partial charge in [0.1, 0.15) is 5.60 Å². The summed E-state index contributed by atoms with van der Waals surface area (Å²) in [6.07, 6.45) is 0.266. The van der Waals surface area contributed by atoms with Gasteiger partial charge >= 0.3 is 6.09 Å². The number of rotatable bonds is 2. The second-order valence-corrected chi connectivity index (χ2v) is 5.06. The number of nitrogens with zero attached hydrogens (tertiary/aromatic N) is 1. The Hall–Kier alpha value is -0.810. The molecule has 1 aliphatic heterocycles. The average molecular weight is 231 g/mol. The highest BCUT2D eigenvalue weighted by Gasteiger charge is 2.37. The maximum Gasteiger partial charge on any atom is 0.410 e. The number of amides is 1. The van der Waals surface area contributed by atoms with E-state index in [4.69, 9.17) is 9.47 Å². The molecule has 0 unspecified atom stereocenters. The third-order valence-electron chi connectivity index (χ3n) is 2.55. The predicted molar refractivity (Wildman–Crippen MR) is 59.2 cm³/mol. The number of aliphatic hydroxyl groups is 1. The van der Waals surface area contributed by atoms with Gasteiger partial charge in [0.25, 0.3) is 0 Å². The maximum atomic E-state index is 11.8. The molecule has 0 saturated carbocycles. The van der Waals surface area contributed by atoms with Crippen molar-refractivity contribution in [2.75, 3.05) is 20.3 Å². The first-order valence-electron chi connectivity index (χ1n) is 5.50. The van der Waals surface area contributed by atoms with Gasteiger partial charge in [-0.05, 0) is 27.2 Å². The van der Waals surface area contributed by atoms with Gasteiger partial charge in [0.15, 0.2) is 0 Å². The number of carbonyl (C=O) groups is 1. The molecule has 0 radical (unpaired) electrons. The molecule has 16 heavy (non-hydrogen) atoms. The van der Waals surface area contributed by atoms with E-state index in [-0.39, 0.29) is 24.8 Å². The molecule has 0 spiro atoms. The Bertz CT molecular complexity index is 249. The highest BCUT2D eigenvalue weighted by Crippen LogP contribution is 2.22. The fourth-order valence-electron chi connectivity index (χ4n) is 1.76. The van der Waals surface area contributed by atoms with E-state index in [9.17, 15) is 9.90 Å². The minimum Gasteiger partial charge on any atom is -0.444 e. The zero-order valence-corrected chi connectivity index (χ0v) is 10.4. The zero-order chi connectivity index (χ0) is 12.3. The molecule has 1 fully saturated rings. The molecule has 94 valence electrons. The van der Waals surface area contributed by atoms with Crippen LogP contribution in [0.4, 0.5) is 4.79 Å². The summed E-state index contributed by atoms with van der Waals surface area (Å²) >= 11 is 0. The summed E-state index contributed by atoms with van der Waals surface area (Å²) in [5.41, 5.74) is -0.512. The molecule has 1 saturated heterocycles. The fourth-order valence-corrected chi connectivity index (χ4v) is 1.76. The second kappa shape index (κ2) is 5.01. The number of likely N-dealkylation sites (tertiary alicyclic amines) is 1. The third-order valence-corrected chi connectivity index (χ3v) is 2.55. The molecular formula is C11H21NO4. The largest absolute Gasteiger partial charge is 0.444 e.